The van der Waals surface area contributed by atoms with E-state index in [4.69, 9.17) is 0 Å². The number of amides is 1. The number of hydrogen-bond acceptors (Lipinski definition) is 3. The molecule has 0 radical (unpaired) electrons. The molecular weight excluding hydrogens is 314 g/mol. The highest BCUT2D eigenvalue weighted by Gasteiger charge is 2.58. The lowest BCUT2D eigenvalue weighted by atomic mass is 9.63. The maximum Gasteiger partial charge on any atom is 0.231 e. The largest absolute Gasteiger partial charge is 0.343 e. The monoisotopic (exact) mass is 341 g/mol. The van der Waals surface area contributed by atoms with Crippen molar-refractivity contribution in [1.29, 1.82) is 0 Å². The predicted molar refractivity (Wildman–Crippen MR) is 96.1 cm³/mol. The van der Waals surface area contributed by atoms with Crippen LogP contribution in [0, 0.1) is 23.7 Å². The molecule has 1 aromatic carbocycles. The molecule has 1 saturated carbocycles. The number of carbonyl (C=O) groups excluding carboxylic acids is 3. The fourth-order valence-corrected chi connectivity index (χ4v) is 4.75. The fourth-order valence-electron chi connectivity index (χ4n) is 4.75. The zero-order chi connectivity index (χ0) is 18.2. The Morgan fingerprint density at radius 3 is 2.52 bits per heavy atom. The second-order valence-corrected chi connectivity index (χ2v) is 8.11. The van der Waals surface area contributed by atoms with Crippen molar-refractivity contribution in [2.24, 2.45) is 23.7 Å². The van der Waals surface area contributed by atoms with Gasteiger partial charge in [0.25, 0.3) is 0 Å². The number of benzene rings is 1. The van der Waals surface area contributed by atoms with Crippen LogP contribution in [0.25, 0.3) is 0 Å². The van der Waals surface area contributed by atoms with E-state index in [2.05, 4.69) is 26.1 Å². The summed E-state index contributed by atoms with van der Waals surface area (Å²) in [5, 5.41) is 3.05. The molecule has 1 N–H and O–H groups in total. The molecule has 0 aromatic heterocycles. The first-order valence-corrected chi connectivity index (χ1v) is 9.29. The van der Waals surface area contributed by atoms with Gasteiger partial charge in [0.2, 0.25) is 5.91 Å². The number of rotatable bonds is 4. The third kappa shape index (κ3) is 3.14. The molecule has 1 aliphatic carbocycles. The second-order valence-electron chi connectivity index (χ2n) is 8.11. The van der Waals surface area contributed by atoms with E-state index < -0.39 is 11.5 Å². The molecule has 1 amide bonds. The summed E-state index contributed by atoms with van der Waals surface area (Å²) in [6.45, 7) is 6.37. The Kier molecular flexibility index (Phi) is 4.81. The summed E-state index contributed by atoms with van der Waals surface area (Å²) < 4.78 is 0. The Bertz CT molecular complexity index is 682. The molecule has 134 valence electrons. The molecule has 4 heteroatoms. The van der Waals surface area contributed by atoms with Crippen LogP contribution in [-0.4, -0.2) is 23.0 Å². The number of carbonyl (C=O) groups is 3. The summed E-state index contributed by atoms with van der Waals surface area (Å²) in [5.74, 6) is -0.448. The Morgan fingerprint density at radius 2 is 1.88 bits per heavy atom. The molecular formula is C21H27NO3. The van der Waals surface area contributed by atoms with Gasteiger partial charge in [-0.15, -0.1) is 0 Å². The smallest absolute Gasteiger partial charge is 0.231 e. The second kappa shape index (κ2) is 6.74. The molecule has 1 aliphatic heterocycles. The van der Waals surface area contributed by atoms with Crippen molar-refractivity contribution < 1.29 is 14.4 Å². The summed E-state index contributed by atoms with van der Waals surface area (Å²) in [7, 11) is 0. The SMILES string of the molecule is CC(C)[C@@H]1CC[C@@H](C)C[C@]12NC(=O)C(CC(=O)c1ccccc1)C2=O. The number of ketones is 2. The van der Waals surface area contributed by atoms with Gasteiger partial charge in [-0.05, 0) is 30.6 Å². The lowest BCUT2D eigenvalue weighted by Crippen LogP contribution is -2.57. The van der Waals surface area contributed by atoms with Crippen LogP contribution in [-0.2, 0) is 9.59 Å². The summed E-state index contributed by atoms with van der Waals surface area (Å²) in [6.07, 6.45) is 2.69. The van der Waals surface area contributed by atoms with E-state index in [1.165, 1.54) is 0 Å². The standard InChI is InChI=1S/C21H27NO3/c1-13(2)17-10-9-14(3)12-21(17)19(24)16(20(25)22-21)11-18(23)15-7-5-4-6-8-15/h4-8,13-14,16-17H,9-12H2,1-3H3,(H,22,25)/t14-,16?,17+,21+/m1/s1. The zero-order valence-corrected chi connectivity index (χ0v) is 15.2. The van der Waals surface area contributed by atoms with Crippen LogP contribution in [0.4, 0.5) is 0 Å². The molecule has 0 bridgehead atoms. The Labute approximate surface area is 149 Å². The fraction of sp³-hybridized carbons (Fsp3) is 0.571. The van der Waals surface area contributed by atoms with Gasteiger partial charge >= 0.3 is 0 Å². The normalized spacial score (nSPS) is 32.2. The van der Waals surface area contributed by atoms with E-state index in [1.54, 1.807) is 24.3 Å². The highest BCUT2D eigenvalue weighted by Crippen LogP contribution is 2.45. The summed E-state index contributed by atoms with van der Waals surface area (Å²) in [4.78, 5) is 38.4. The van der Waals surface area contributed by atoms with Gasteiger partial charge in [0.05, 0.1) is 0 Å². The van der Waals surface area contributed by atoms with Crippen molar-refractivity contribution in [3.63, 3.8) is 0 Å². The third-order valence-corrected chi connectivity index (χ3v) is 5.98. The molecule has 2 aliphatic rings. The topological polar surface area (TPSA) is 63.2 Å². The summed E-state index contributed by atoms with van der Waals surface area (Å²) in [6, 6.07) is 8.89. The third-order valence-electron chi connectivity index (χ3n) is 5.98. The number of hydrogen-bond donors (Lipinski definition) is 1. The Morgan fingerprint density at radius 1 is 1.20 bits per heavy atom. The molecule has 4 nitrogen and oxygen atoms in total. The molecule has 1 spiro atoms. The van der Waals surface area contributed by atoms with Gasteiger partial charge < -0.3 is 5.32 Å². The van der Waals surface area contributed by atoms with Gasteiger partial charge in [0.15, 0.2) is 11.6 Å². The van der Waals surface area contributed by atoms with E-state index in [-0.39, 0.29) is 29.8 Å². The molecule has 3 rings (SSSR count). The van der Waals surface area contributed by atoms with E-state index in [0.717, 1.165) is 12.8 Å². The van der Waals surface area contributed by atoms with Crippen molar-refractivity contribution in [2.45, 2.75) is 52.0 Å². The van der Waals surface area contributed by atoms with E-state index in [9.17, 15) is 14.4 Å². The highest BCUT2D eigenvalue weighted by molar-refractivity contribution is 6.16. The molecule has 25 heavy (non-hydrogen) atoms. The average molecular weight is 341 g/mol. The molecule has 2 fully saturated rings. The minimum Gasteiger partial charge on any atom is -0.343 e. The van der Waals surface area contributed by atoms with Crippen molar-refractivity contribution in [3.05, 3.63) is 35.9 Å². The molecule has 1 heterocycles. The maximum atomic E-state index is 13.3. The Balaban J connectivity index is 1.85. The van der Waals surface area contributed by atoms with E-state index in [1.807, 2.05) is 6.07 Å². The zero-order valence-electron chi connectivity index (χ0n) is 15.2. The average Bonchev–Trinajstić information content (AvgIpc) is 2.79. The van der Waals surface area contributed by atoms with Crippen LogP contribution in [0.3, 0.4) is 0 Å². The van der Waals surface area contributed by atoms with Crippen LogP contribution >= 0.6 is 0 Å². The number of Topliss-reactive ketones (excluding diaryl/α,β-unsaturated/α-hetero) is 2. The van der Waals surface area contributed by atoms with Crippen LogP contribution in [0.15, 0.2) is 30.3 Å². The number of nitrogens with one attached hydrogen (secondary N) is 1. The van der Waals surface area contributed by atoms with E-state index >= 15 is 0 Å². The van der Waals surface area contributed by atoms with E-state index in [0.29, 0.717) is 23.8 Å². The van der Waals surface area contributed by atoms with Crippen LogP contribution in [0.1, 0.15) is 56.8 Å². The van der Waals surface area contributed by atoms with Crippen LogP contribution in [0.2, 0.25) is 0 Å². The van der Waals surface area contributed by atoms with Gasteiger partial charge in [-0.1, -0.05) is 57.5 Å². The quantitative estimate of drug-likeness (QED) is 0.674. The first-order chi connectivity index (χ1) is 11.8. The first-order valence-electron chi connectivity index (χ1n) is 9.29. The lowest BCUT2D eigenvalue weighted by Gasteiger charge is -2.44. The van der Waals surface area contributed by atoms with Gasteiger partial charge in [-0.25, -0.2) is 0 Å². The van der Waals surface area contributed by atoms with Crippen molar-refractivity contribution in [3.8, 4) is 0 Å². The molecule has 1 unspecified atom stereocenters. The lowest BCUT2D eigenvalue weighted by molar-refractivity contribution is -0.131. The predicted octanol–water partition coefficient (Wildman–Crippen LogP) is 3.41. The van der Waals surface area contributed by atoms with Crippen LogP contribution in [0.5, 0.6) is 0 Å². The molecule has 1 aromatic rings. The minimum absolute atomic E-state index is 0.0321. The van der Waals surface area contributed by atoms with Gasteiger partial charge in [-0.2, -0.15) is 0 Å². The highest BCUT2D eigenvalue weighted by atomic mass is 16.2. The maximum absolute atomic E-state index is 13.3. The summed E-state index contributed by atoms with van der Waals surface area (Å²) >= 11 is 0. The minimum atomic E-state index is -0.848. The van der Waals surface area contributed by atoms with Gasteiger partial charge in [-0.3, -0.25) is 14.4 Å². The molecule has 1 saturated heterocycles. The van der Waals surface area contributed by atoms with Crippen molar-refractivity contribution in [1.82, 2.24) is 5.32 Å². The molecule has 4 atom stereocenters. The van der Waals surface area contributed by atoms with Crippen molar-refractivity contribution in [2.75, 3.05) is 0 Å². The van der Waals surface area contributed by atoms with Crippen LogP contribution < -0.4 is 5.32 Å². The van der Waals surface area contributed by atoms with Crippen molar-refractivity contribution >= 4 is 17.5 Å². The first kappa shape index (κ1) is 17.8. The van der Waals surface area contributed by atoms with Gasteiger partial charge in [0, 0.05) is 12.0 Å². The summed E-state index contributed by atoms with van der Waals surface area (Å²) in [5.41, 5.74) is -0.216. The Hall–Kier alpha value is -1.97. The van der Waals surface area contributed by atoms with Gasteiger partial charge in [0.1, 0.15) is 11.5 Å².